The van der Waals surface area contributed by atoms with Gasteiger partial charge in [0.25, 0.3) is 5.56 Å². The topological polar surface area (TPSA) is 84.4 Å². The number of hydrogen-bond acceptors (Lipinski definition) is 4. The van der Waals surface area contributed by atoms with Gasteiger partial charge in [0.15, 0.2) is 0 Å². The van der Waals surface area contributed by atoms with Gasteiger partial charge in [0, 0.05) is 19.7 Å². The molecule has 1 fully saturated rings. The Hall–Kier alpha value is -2.41. The molecule has 1 amide bonds. The van der Waals surface area contributed by atoms with E-state index in [1.54, 1.807) is 29.2 Å². The molecule has 0 saturated carbocycles. The van der Waals surface area contributed by atoms with Crippen molar-refractivity contribution >= 4 is 16.8 Å². The van der Waals surface area contributed by atoms with E-state index in [9.17, 15) is 14.4 Å². The highest BCUT2D eigenvalue weighted by Gasteiger charge is 2.24. The van der Waals surface area contributed by atoms with Gasteiger partial charge in [-0.3, -0.25) is 14.2 Å². The fourth-order valence-electron chi connectivity index (χ4n) is 3.11. The third-order valence-electron chi connectivity index (χ3n) is 4.32. The number of nitrogens with one attached hydrogen (secondary N) is 1. The minimum absolute atomic E-state index is 0.0271. The number of aromatic nitrogens is 2. The first-order valence-corrected chi connectivity index (χ1v) is 8.21. The molecule has 0 radical (unpaired) electrons. The molecule has 1 atom stereocenters. The predicted molar refractivity (Wildman–Crippen MR) is 90.1 cm³/mol. The maximum atomic E-state index is 12.5. The molecule has 1 aromatic heterocycles. The molecule has 1 saturated heterocycles. The molecule has 2 heterocycles. The van der Waals surface area contributed by atoms with Crippen LogP contribution in [-0.2, 0) is 16.1 Å². The standard InChI is InChI=1S/C17H21N3O4/c1-2-24-12-6-5-9-19(10-12)15(21)11-20-16(22)13-7-3-4-8-14(13)18-17(20)23/h3-4,7-8,12H,2,5-6,9-11H2,1H3,(H,18,23)/t12-/m1/s1. The average Bonchev–Trinajstić information content (AvgIpc) is 2.59. The van der Waals surface area contributed by atoms with Crippen LogP contribution < -0.4 is 11.2 Å². The Labute approximate surface area is 138 Å². The lowest BCUT2D eigenvalue weighted by Crippen LogP contribution is -2.47. The summed E-state index contributed by atoms with van der Waals surface area (Å²) in [6.45, 7) is 3.42. The first-order valence-electron chi connectivity index (χ1n) is 8.21. The second-order valence-electron chi connectivity index (χ2n) is 5.93. The summed E-state index contributed by atoms with van der Waals surface area (Å²) in [6.07, 6.45) is 1.81. The molecular formula is C17H21N3O4. The van der Waals surface area contributed by atoms with E-state index in [1.165, 1.54) is 0 Å². The number of para-hydroxylation sites is 1. The first kappa shape index (κ1) is 16.4. The zero-order chi connectivity index (χ0) is 17.1. The number of piperidine rings is 1. The molecule has 0 bridgehead atoms. The van der Waals surface area contributed by atoms with Crippen molar-refractivity contribution < 1.29 is 9.53 Å². The highest BCUT2D eigenvalue weighted by molar-refractivity contribution is 5.79. The SMILES string of the molecule is CCO[C@@H]1CCCN(C(=O)Cn2c(=O)[nH]c3ccccc3c2=O)C1. The summed E-state index contributed by atoms with van der Waals surface area (Å²) in [5.41, 5.74) is -0.530. The lowest BCUT2D eigenvalue weighted by molar-refractivity contribution is -0.136. The molecule has 7 nitrogen and oxygen atoms in total. The van der Waals surface area contributed by atoms with E-state index in [0.29, 0.717) is 30.6 Å². The molecular weight excluding hydrogens is 310 g/mol. The van der Waals surface area contributed by atoms with Crippen LogP contribution in [0.15, 0.2) is 33.9 Å². The maximum Gasteiger partial charge on any atom is 0.329 e. The largest absolute Gasteiger partial charge is 0.377 e. The normalized spacial score (nSPS) is 18.0. The number of carbonyl (C=O) groups is 1. The summed E-state index contributed by atoms with van der Waals surface area (Å²) in [6, 6.07) is 6.78. The van der Waals surface area contributed by atoms with Crippen LogP contribution in [0.25, 0.3) is 10.9 Å². The molecule has 128 valence electrons. The van der Waals surface area contributed by atoms with Crippen molar-refractivity contribution in [2.24, 2.45) is 0 Å². The predicted octanol–water partition coefficient (Wildman–Crippen LogP) is 0.717. The Bertz CT molecular complexity index is 853. The van der Waals surface area contributed by atoms with Gasteiger partial charge in [-0.2, -0.15) is 0 Å². The smallest absolute Gasteiger partial charge is 0.329 e. The van der Waals surface area contributed by atoms with Gasteiger partial charge in [-0.05, 0) is 31.9 Å². The maximum absolute atomic E-state index is 12.5. The minimum Gasteiger partial charge on any atom is -0.377 e. The van der Waals surface area contributed by atoms with E-state index in [4.69, 9.17) is 4.74 Å². The second kappa shape index (κ2) is 7.00. The summed E-state index contributed by atoms with van der Waals surface area (Å²) >= 11 is 0. The molecule has 0 spiro atoms. The van der Waals surface area contributed by atoms with E-state index < -0.39 is 11.2 Å². The number of carbonyl (C=O) groups excluding carboxylic acids is 1. The Morgan fingerprint density at radius 2 is 2.12 bits per heavy atom. The summed E-state index contributed by atoms with van der Waals surface area (Å²) in [5.74, 6) is -0.234. The molecule has 0 unspecified atom stereocenters. The van der Waals surface area contributed by atoms with Gasteiger partial charge in [0.05, 0.1) is 17.0 Å². The van der Waals surface area contributed by atoms with Crippen molar-refractivity contribution in [2.45, 2.75) is 32.4 Å². The summed E-state index contributed by atoms with van der Waals surface area (Å²) < 4.78 is 6.56. The molecule has 1 aliphatic rings. The van der Waals surface area contributed by atoms with Crippen molar-refractivity contribution in [3.8, 4) is 0 Å². The molecule has 1 aliphatic heterocycles. The van der Waals surface area contributed by atoms with Crippen molar-refractivity contribution in [1.82, 2.24) is 14.5 Å². The van der Waals surface area contributed by atoms with Crippen LogP contribution in [0, 0.1) is 0 Å². The molecule has 24 heavy (non-hydrogen) atoms. The number of fused-ring (bicyclic) bond motifs is 1. The lowest BCUT2D eigenvalue weighted by atomic mass is 10.1. The number of likely N-dealkylation sites (tertiary alicyclic amines) is 1. The monoisotopic (exact) mass is 331 g/mol. The second-order valence-corrected chi connectivity index (χ2v) is 5.93. The molecule has 7 heteroatoms. The van der Waals surface area contributed by atoms with E-state index in [-0.39, 0.29) is 18.6 Å². The Kier molecular flexibility index (Phi) is 4.80. The highest BCUT2D eigenvalue weighted by atomic mass is 16.5. The third kappa shape index (κ3) is 3.26. The number of hydrogen-bond donors (Lipinski definition) is 1. The lowest BCUT2D eigenvalue weighted by Gasteiger charge is -2.32. The number of rotatable bonds is 4. The molecule has 1 N–H and O–H groups in total. The van der Waals surface area contributed by atoms with Crippen LogP contribution in [0.3, 0.4) is 0 Å². The van der Waals surface area contributed by atoms with Crippen molar-refractivity contribution in [2.75, 3.05) is 19.7 Å². The van der Waals surface area contributed by atoms with E-state index in [2.05, 4.69) is 4.98 Å². The fraction of sp³-hybridized carbons (Fsp3) is 0.471. The van der Waals surface area contributed by atoms with Crippen LogP contribution in [0.5, 0.6) is 0 Å². The number of ether oxygens (including phenoxy) is 1. The Balaban J connectivity index is 1.83. The van der Waals surface area contributed by atoms with Crippen LogP contribution >= 0.6 is 0 Å². The zero-order valence-electron chi connectivity index (χ0n) is 13.7. The van der Waals surface area contributed by atoms with E-state index in [1.807, 2.05) is 6.92 Å². The van der Waals surface area contributed by atoms with Crippen LogP contribution in [0.4, 0.5) is 0 Å². The van der Waals surface area contributed by atoms with Gasteiger partial charge in [-0.25, -0.2) is 4.79 Å². The molecule has 2 aromatic rings. The molecule has 1 aromatic carbocycles. The van der Waals surface area contributed by atoms with Gasteiger partial charge in [-0.15, -0.1) is 0 Å². The number of nitrogens with zero attached hydrogens (tertiary/aromatic N) is 2. The quantitative estimate of drug-likeness (QED) is 0.894. The fourth-order valence-corrected chi connectivity index (χ4v) is 3.11. The first-order chi connectivity index (χ1) is 11.6. The summed E-state index contributed by atoms with van der Waals surface area (Å²) in [7, 11) is 0. The van der Waals surface area contributed by atoms with E-state index >= 15 is 0 Å². The van der Waals surface area contributed by atoms with Crippen LogP contribution in [0.2, 0.25) is 0 Å². The summed E-state index contributed by atoms with van der Waals surface area (Å²) in [4.78, 5) is 41.5. The van der Waals surface area contributed by atoms with Crippen LogP contribution in [0.1, 0.15) is 19.8 Å². The molecule has 3 rings (SSSR count). The number of benzene rings is 1. The molecule has 0 aliphatic carbocycles. The van der Waals surface area contributed by atoms with Crippen LogP contribution in [-0.4, -0.2) is 46.2 Å². The summed E-state index contributed by atoms with van der Waals surface area (Å²) in [5, 5.41) is 0.399. The van der Waals surface area contributed by atoms with Gasteiger partial charge >= 0.3 is 5.69 Å². The van der Waals surface area contributed by atoms with Gasteiger partial charge in [-0.1, -0.05) is 12.1 Å². The van der Waals surface area contributed by atoms with E-state index in [0.717, 1.165) is 17.4 Å². The minimum atomic E-state index is -0.564. The van der Waals surface area contributed by atoms with Crippen molar-refractivity contribution in [3.63, 3.8) is 0 Å². The Morgan fingerprint density at radius 1 is 1.33 bits per heavy atom. The average molecular weight is 331 g/mol. The van der Waals surface area contributed by atoms with Crippen molar-refractivity contribution in [1.29, 1.82) is 0 Å². The zero-order valence-corrected chi connectivity index (χ0v) is 13.7. The van der Waals surface area contributed by atoms with Gasteiger partial charge < -0.3 is 14.6 Å². The number of amides is 1. The van der Waals surface area contributed by atoms with Crippen molar-refractivity contribution in [3.05, 3.63) is 45.1 Å². The number of H-pyrrole nitrogens is 1. The Morgan fingerprint density at radius 3 is 2.92 bits per heavy atom. The van der Waals surface area contributed by atoms with Gasteiger partial charge in [0.1, 0.15) is 6.54 Å². The third-order valence-corrected chi connectivity index (χ3v) is 4.32. The highest BCUT2D eigenvalue weighted by Crippen LogP contribution is 2.13. The number of aromatic amines is 1. The van der Waals surface area contributed by atoms with Gasteiger partial charge in [0.2, 0.25) is 5.91 Å².